The normalized spacial score (nSPS) is 14.3. The highest BCUT2D eigenvalue weighted by Crippen LogP contribution is 2.36. The second kappa shape index (κ2) is 8.97. The summed E-state index contributed by atoms with van der Waals surface area (Å²) in [5, 5.41) is 6.06. The molecular weight excluding hydrogens is 463 g/mol. The van der Waals surface area contributed by atoms with E-state index >= 15 is 0 Å². The lowest BCUT2D eigenvalue weighted by molar-refractivity contribution is 0.0285. The SMILES string of the molecule is COc1cc(-n2cnc3cc(-c4cnn(C5CC5)c4)ccc32)cc(OC)c1C(=O)NC(F)C(F)F. The summed E-state index contributed by atoms with van der Waals surface area (Å²) in [7, 11) is 2.63. The molecular formula is C24H22F3N5O3. The number of aromatic nitrogens is 4. The van der Waals surface area contributed by atoms with E-state index in [1.165, 1.54) is 26.4 Å². The Bertz CT molecular complexity index is 1370. The smallest absolute Gasteiger partial charge is 0.287 e. The van der Waals surface area contributed by atoms with E-state index in [1.807, 2.05) is 35.3 Å². The van der Waals surface area contributed by atoms with Crippen LogP contribution in [-0.4, -0.2) is 52.2 Å². The summed E-state index contributed by atoms with van der Waals surface area (Å²) < 4.78 is 53.0. The highest BCUT2D eigenvalue weighted by molar-refractivity contribution is 6.00. The number of hydrogen-bond acceptors (Lipinski definition) is 5. The van der Waals surface area contributed by atoms with Gasteiger partial charge in [-0.3, -0.25) is 14.0 Å². The number of benzene rings is 2. The summed E-state index contributed by atoms with van der Waals surface area (Å²) in [6.07, 6.45) is 1.61. The minimum atomic E-state index is -3.36. The van der Waals surface area contributed by atoms with Gasteiger partial charge in [0, 0.05) is 23.9 Å². The van der Waals surface area contributed by atoms with Crippen LogP contribution in [0.1, 0.15) is 29.2 Å². The number of methoxy groups -OCH3 is 2. The second-order valence-electron chi connectivity index (χ2n) is 8.19. The van der Waals surface area contributed by atoms with Crippen LogP contribution in [0.15, 0.2) is 49.1 Å². The molecule has 1 aliphatic rings. The molecule has 35 heavy (non-hydrogen) atoms. The van der Waals surface area contributed by atoms with Gasteiger partial charge in [0.25, 0.3) is 12.3 Å². The summed E-state index contributed by atoms with van der Waals surface area (Å²) >= 11 is 0. The quantitative estimate of drug-likeness (QED) is 0.371. The Kier molecular flexibility index (Phi) is 5.83. The van der Waals surface area contributed by atoms with Gasteiger partial charge in [0.15, 0.2) is 0 Å². The molecule has 1 atom stereocenters. The van der Waals surface area contributed by atoms with E-state index in [0.29, 0.717) is 11.7 Å². The number of ether oxygens (including phenoxy) is 2. The van der Waals surface area contributed by atoms with Crippen LogP contribution in [-0.2, 0) is 0 Å². The number of rotatable bonds is 8. The maximum atomic E-state index is 13.4. The van der Waals surface area contributed by atoms with E-state index in [2.05, 4.69) is 10.1 Å². The Morgan fingerprint density at radius 3 is 2.43 bits per heavy atom. The molecule has 1 amide bonds. The number of halogens is 3. The largest absolute Gasteiger partial charge is 0.496 e. The number of alkyl halides is 3. The van der Waals surface area contributed by atoms with Crippen molar-refractivity contribution in [1.82, 2.24) is 24.6 Å². The van der Waals surface area contributed by atoms with Crippen molar-refractivity contribution >= 4 is 16.9 Å². The molecule has 1 N–H and O–H groups in total. The first-order chi connectivity index (χ1) is 16.9. The summed E-state index contributed by atoms with van der Waals surface area (Å²) in [5.74, 6) is -1.02. The van der Waals surface area contributed by atoms with E-state index in [-0.39, 0.29) is 17.1 Å². The molecule has 1 saturated carbocycles. The average Bonchev–Trinajstić information content (AvgIpc) is 3.43. The number of carbonyl (C=O) groups is 1. The van der Waals surface area contributed by atoms with Crippen molar-refractivity contribution in [3.8, 4) is 28.3 Å². The van der Waals surface area contributed by atoms with E-state index in [4.69, 9.17) is 9.47 Å². The number of hydrogen-bond donors (Lipinski definition) is 1. The second-order valence-corrected chi connectivity index (χ2v) is 8.19. The number of nitrogens with zero attached hydrogens (tertiary/aromatic N) is 4. The van der Waals surface area contributed by atoms with Crippen LogP contribution in [0.5, 0.6) is 11.5 Å². The Morgan fingerprint density at radius 2 is 1.80 bits per heavy atom. The maximum absolute atomic E-state index is 13.4. The van der Waals surface area contributed by atoms with Crippen LogP contribution in [0.25, 0.3) is 27.8 Å². The molecule has 1 fully saturated rings. The number of fused-ring (bicyclic) bond motifs is 1. The number of imidazole rings is 1. The van der Waals surface area contributed by atoms with Crippen molar-refractivity contribution in [2.24, 2.45) is 0 Å². The highest BCUT2D eigenvalue weighted by Gasteiger charge is 2.27. The van der Waals surface area contributed by atoms with Gasteiger partial charge in [-0.1, -0.05) is 6.07 Å². The third kappa shape index (κ3) is 4.29. The molecule has 0 bridgehead atoms. The van der Waals surface area contributed by atoms with Crippen LogP contribution in [0.4, 0.5) is 13.2 Å². The van der Waals surface area contributed by atoms with Gasteiger partial charge in [0.05, 0.1) is 43.2 Å². The fraction of sp³-hybridized carbons (Fsp3) is 0.292. The molecule has 4 aromatic rings. The third-order valence-electron chi connectivity index (χ3n) is 5.89. The summed E-state index contributed by atoms with van der Waals surface area (Å²) in [6.45, 7) is 0. The first kappa shape index (κ1) is 22.8. The van der Waals surface area contributed by atoms with Gasteiger partial charge < -0.3 is 14.8 Å². The molecule has 0 aliphatic heterocycles. The van der Waals surface area contributed by atoms with E-state index in [9.17, 15) is 18.0 Å². The summed E-state index contributed by atoms with van der Waals surface area (Å²) in [6, 6.07) is 9.40. The lowest BCUT2D eigenvalue weighted by atomic mass is 10.1. The van der Waals surface area contributed by atoms with Crippen molar-refractivity contribution in [3.63, 3.8) is 0 Å². The first-order valence-corrected chi connectivity index (χ1v) is 10.9. The third-order valence-corrected chi connectivity index (χ3v) is 5.89. The van der Waals surface area contributed by atoms with Crippen molar-refractivity contribution < 1.29 is 27.4 Å². The minimum absolute atomic E-state index is 0.0317. The molecule has 11 heteroatoms. The van der Waals surface area contributed by atoms with Gasteiger partial charge in [0.1, 0.15) is 23.4 Å². The highest BCUT2D eigenvalue weighted by atomic mass is 19.3. The Hall–Kier alpha value is -4.02. The van der Waals surface area contributed by atoms with Crippen LogP contribution in [0.2, 0.25) is 0 Å². The molecule has 8 nitrogen and oxygen atoms in total. The molecule has 2 aromatic heterocycles. The molecule has 0 saturated heterocycles. The van der Waals surface area contributed by atoms with Gasteiger partial charge in [-0.2, -0.15) is 5.10 Å². The molecule has 2 heterocycles. The fourth-order valence-electron chi connectivity index (χ4n) is 3.95. The number of amides is 1. The van der Waals surface area contributed by atoms with E-state index in [1.54, 1.807) is 16.2 Å². The molecule has 1 unspecified atom stereocenters. The van der Waals surface area contributed by atoms with Crippen LogP contribution in [0, 0.1) is 0 Å². The maximum Gasteiger partial charge on any atom is 0.287 e. The monoisotopic (exact) mass is 485 g/mol. The lowest BCUT2D eigenvalue weighted by Gasteiger charge is -2.17. The molecule has 182 valence electrons. The topological polar surface area (TPSA) is 83.2 Å². The molecule has 0 spiro atoms. The van der Waals surface area contributed by atoms with E-state index < -0.39 is 18.6 Å². The van der Waals surface area contributed by atoms with Crippen molar-refractivity contribution in [1.29, 1.82) is 0 Å². The molecule has 5 rings (SSSR count). The van der Waals surface area contributed by atoms with Gasteiger partial charge in [-0.25, -0.2) is 18.2 Å². The Morgan fingerprint density at radius 1 is 1.09 bits per heavy atom. The Labute approximate surface area is 198 Å². The molecule has 2 aromatic carbocycles. The predicted molar refractivity (Wildman–Crippen MR) is 122 cm³/mol. The minimum Gasteiger partial charge on any atom is -0.496 e. The van der Waals surface area contributed by atoms with E-state index in [0.717, 1.165) is 35.0 Å². The van der Waals surface area contributed by atoms with Gasteiger partial charge in [-0.05, 0) is 30.5 Å². The number of carbonyl (C=O) groups excluding carboxylic acids is 1. The van der Waals surface area contributed by atoms with Crippen molar-refractivity contribution in [3.05, 3.63) is 54.6 Å². The van der Waals surface area contributed by atoms with Gasteiger partial charge in [0.2, 0.25) is 6.30 Å². The standard InChI is InChI=1S/C24H22F3N5O3/c1-34-19-8-16(9-20(35-2)21(19)24(33)30-23(27)22(25)26)31-12-28-17-7-13(3-6-18(17)31)14-10-29-32(11-14)15-4-5-15/h3,6-12,15,22-23H,4-5H2,1-2H3,(H,30,33). The zero-order chi connectivity index (χ0) is 24.7. The lowest BCUT2D eigenvalue weighted by Crippen LogP contribution is -2.36. The molecule has 0 radical (unpaired) electrons. The summed E-state index contributed by atoms with van der Waals surface area (Å²) in [5.41, 5.74) is 3.86. The zero-order valence-corrected chi connectivity index (χ0v) is 18.9. The van der Waals surface area contributed by atoms with Gasteiger partial charge >= 0.3 is 0 Å². The first-order valence-electron chi connectivity index (χ1n) is 10.9. The zero-order valence-electron chi connectivity index (χ0n) is 18.9. The van der Waals surface area contributed by atoms with Crippen LogP contribution in [0.3, 0.4) is 0 Å². The van der Waals surface area contributed by atoms with Crippen LogP contribution >= 0.6 is 0 Å². The van der Waals surface area contributed by atoms with Crippen molar-refractivity contribution in [2.75, 3.05) is 14.2 Å². The van der Waals surface area contributed by atoms with Crippen molar-refractivity contribution in [2.45, 2.75) is 31.6 Å². The molecule has 1 aliphatic carbocycles. The summed E-state index contributed by atoms with van der Waals surface area (Å²) in [4.78, 5) is 17.0. The number of nitrogens with one attached hydrogen (secondary N) is 1. The predicted octanol–water partition coefficient (Wildman–Crippen LogP) is 4.53. The Balaban J connectivity index is 1.50. The average molecular weight is 485 g/mol. The van der Waals surface area contributed by atoms with Gasteiger partial charge in [-0.15, -0.1) is 0 Å². The fourth-order valence-corrected chi connectivity index (χ4v) is 3.95. The van der Waals surface area contributed by atoms with Crippen LogP contribution < -0.4 is 14.8 Å².